The lowest BCUT2D eigenvalue weighted by molar-refractivity contribution is -0.357. The fourth-order valence-electron chi connectivity index (χ4n) is 0.264. The maximum absolute atomic E-state index is 6.85. The highest BCUT2D eigenvalue weighted by molar-refractivity contribution is 5.01. The minimum Gasteiger partial charge on any atom is -1.00 e. The molecule has 0 saturated carbocycles. The summed E-state index contributed by atoms with van der Waals surface area (Å²) in [5, 5.41) is 0. The molecule has 1 aromatic rings. The Bertz CT molecular complexity index is 147. The van der Waals surface area contributed by atoms with E-state index in [4.69, 9.17) is 7.10 Å². The van der Waals surface area contributed by atoms with Crippen LogP contribution in [0.25, 0.3) is 0 Å². The highest BCUT2D eigenvalue weighted by Crippen LogP contribution is 1.73. The number of hydrogen-bond donors (Lipinski definition) is 2. The van der Waals surface area contributed by atoms with Gasteiger partial charge in [0.25, 0.3) is 0 Å². The number of rotatable bonds is 0. The first-order valence-corrected chi connectivity index (χ1v) is 1.62. The summed E-state index contributed by atoms with van der Waals surface area (Å²) in [6.07, 6.45) is 1.78. The molecule has 0 atom stereocenters. The molecule has 0 radical (unpaired) electrons. The first-order chi connectivity index (χ1) is 3.29. The number of H-pyrrole nitrogens is 2. The van der Waals surface area contributed by atoms with Crippen LogP contribution in [0.1, 0.15) is 1.37 Å². The van der Waals surface area contributed by atoms with Crippen LogP contribution in [0.2, 0.25) is 0 Å². The average molecular weight is 124 g/mol. The van der Waals surface area contributed by atoms with Gasteiger partial charge in [-0.25, -0.2) is 9.97 Å². The van der Waals surface area contributed by atoms with Crippen LogP contribution in [0.15, 0.2) is 12.4 Å². The molecule has 4 heteroatoms. The van der Waals surface area contributed by atoms with E-state index in [1.54, 1.807) is 0 Å². The molecule has 0 aliphatic rings. The second kappa shape index (κ2) is 2.47. The molecule has 0 aliphatic heterocycles. The van der Waals surface area contributed by atoms with E-state index in [9.17, 15) is 0 Å². The predicted molar refractivity (Wildman–Crippen MR) is 21.8 cm³/mol. The fourth-order valence-corrected chi connectivity index (χ4v) is 0.264. The van der Waals surface area contributed by atoms with Crippen LogP contribution in [0.5, 0.6) is 0 Å². The van der Waals surface area contributed by atoms with E-state index in [-0.39, 0.29) is 12.4 Å². The molecule has 1 rings (SSSR count). The predicted octanol–water partition coefficient (Wildman–Crippen LogP) is -3.58. The van der Waals surface area contributed by atoms with Gasteiger partial charge in [0, 0.05) is 0 Å². The number of aromatic amines is 2. The summed E-state index contributed by atoms with van der Waals surface area (Å²) in [6, 6.07) is 0. The molecule has 4 N–H and O–H groups in total. The van der Waals surface area contributed by atoms with E-state index in [2.05, 4.69) is 9.97 Å². The van der Waals surface area contributed by atoms with Gasteiger partial charge < -0.3 is 12.4 Å². The summed E-state index contributed by atoms with van der Waals surface area (Å²) in [7, 11) is 0. The number of hydrogen-bond acceptors (Lipinski definition) is 1. The minimum absolute atomic E-state index is 0. The van der Waals surface area contributed by atoms with Crippen LogP contribution in [0.3, 0.4) is 0 Å². The number of anilines is 1. The standard InChI is InChI=1S/C3H5N3.ClH/c4-3-5-1-2-6-3;/h1-2H,(H3,4,5,6);1H/i1D,3+1,4+1,6+1;. The Kier molecular flexibility index (Phi) is 1.57. The first kappa shape index (κ1) is 4.46. The summed E-state index contributed by atoms with van der Waals surface area (Å²) in [5.41, 5.74) is 5.15. The van der Waals surface area contributed by atoms with Crippen molar-refractivity contribution in [2.75, 3.05) is 5.73 Å². The number of imidazole rings is 1. The van der Waals surface area contributed by atoms with Gasteiger partial charge in [-0.3, -0.25) is 5.73 Å². The molecule has 0 saturated heterocycles. The monoisotopic (exact) mass is 123 g/mol. The van der Waals surface area contributed by atoms with Gasteiger partial charge in [-0.15, -0.1) is 0 Å². The van der Waals surface area contributed by atoms with E-state index >= 15 is 0 Å². The Morgan fingerprint density at radius 1 is 2.00 bits per heavy atom. The van der Waals surface area contributed by atoms with Gasteiger partial charge in [0.1, 0.15) is 1.37 Å². The van der Waals surface area contributed by atoms with Gasteiger partial charge in [-0.1, -0.05) is 0 Å². The quantitative estimate of drug-likeness (QED) is 0.345. The van der Waals surface area contributed by atoms with Crippen molar-refractivity contribution in [1.82, 2.24) is 4.98 Å². The molecule has 7 heavy (non-hydrogen) atoms. The molecular formula is C3H6ClN3. The van der Waals surface area contributed by atoms with Crippen molar-refractivity contribution in [2.45, 2.75) is 0 Å². The van der Waals surface area contributed by atoms with Crippen molar-refractivity contribution in [3.05, 3.63) is 12.4 Å². The summed E-state index contributed by atoms with van der Waals surface area (Å²) in [5.74, 6) is 0.421. The molecule has 3 nitrogen and oxygen atoms in total. The molecule has 1 heterocycles. The van der Waals surface area contributed by atoms with Gasteiger partial charge in [0.2, 0.25) is 0 Å². The number of nitrogen functional groups attached to an aromatic ring is 1. The fraction of sp³-hybridized carbons (Fsp3) is 0. The van der Waals surface area contributed by atoms with Crippen LogP contribution >= 0.6 is 0 Å². The Hall–Kier alpha value is -0.700. The van der Waals surface area contributed by atoms with Crippen molar-refractivity contribution in [3.63, 3.8) is 0 Å². The zero-order valence-corrected chi connectivity index (χ0v) is 4.29. The van der Waals surface area contributed by atoms with E-state index in [1.807, 2.05) is 0 Å². The third kappa shape index (κ3) is 1.45. The molecular weight excluding hydrogens is 116 g/mol. The smallest absolute Gasteiger partial charge is 0.350 e. The summed E-state index contributed by atoms with van der Waals surface area (Å²) in [6.45, 7) is 0. The molecule has 0 fully saturated rings. The second-order valence-corrected chi connectivity index (χ2v) is 0.972. The Labute approximate surface area is 48.8 Å². The zero-order valence-electron chi connectivity index (χ0n) is 4.53. The highest BCUT2D eigenvalue weighted by Gasteiger charge is 1.82. The van der Waals surface area contributed by atoms with Crippen LogP contribution in [0, 0.1) is 0 Å². The van der Waals surface area contributed by atoms with Crippen molar-refractivity contribution in [1.29, 1.82) is 0 Å². The van der Waals surface area contributed by atoms with Gasteiger partial charge >= 0.3 is 5.95 Å². The van der Waals surface area contributed by atoms with E-state index < -0.39 is 0 Å². The molecule has 0 aliphatic carbocycles. The molecule has 0 bridgehead atoms. The molecule has 0 spiro atoms. The molecule has 0 amide bonds. The lowest BCUT2D eigenvalue weighted by atomic mass is 11.0. The summed E-state index contributed by atoms with van der Waals surface area (Å²) < 4.78 is 6.85. The number of nitrogens with one attached hydrogen (secondary N) is 2. The maximum atomic E-state index is 6.85. The average Bonchev–Trinajstić information content (AvgIpc) is 1.87. The van der Waals surface area contributed by atoms with Crippen molar-refractivity contribution in [3.8, 4) is 0 Å². The SMILES string of the molecule is [2H]c1c[15nH][13c]([15NH2])[nH+]1.[Cl-]. The van der Waals surface area contributed by atoms with Crippen molar-refractivity contribution in [2.24, 2.45) is 0 Å². The molecule has 40 valence electrons. The van der Waals surface area contributed by atoms with Crippen LogP contribution in [-0.4, -0.2) is 4.98 Å². The van der Waals surface area contributed by atoms with Gasteiger partial charge in [0.05, 0.1) is 12.4 Å². The molecule has 1 aromatic heterocycles. The molecule has 0 unspecified atom stereocenters. The van der Waals surface area contributed by atoms with Gasteiger partial charge in [-0.2, -0.15) is 0 Å². The summed E-state index contributed by atoms with van der Waals surface area (Å²) >= 11 is 0. The topological polar surface area (TPSA) is 56.0 Å². The van der Waals surface area contributed by atoms with E-state index in [0.29, 0.717) is 12.1 Å². The van der Waals surface area contributed by atoms with Crippen LogP contribution in [0.4, 0.5) is 5.95 Å². The van der Waals surface area contributed by atoms with E-state index in [1.165, 1.54) is 6.20 Å². The number of nitrogens with two attached hydrogens (primary N) is 1. The normalized spacial score (nSPS) is 9.43. The first-order valence-electron chi connectivity index (χ1n) is 2.12. The number of halogens is 1. The second-order valence-electron chi connectivity index (χ2n) is 0.972. The van der Waals surface area contributed by atoms with E-state index in [0.717, 1.165) is 0 Å². The third-order valence-corrected chi connectivity index (χ3v) is 0.507. The van der Waals surface area contributed by atoms with Crippen molar-refractivity contribution < 1.29 is 18.8 Å². The number of aromatic nitrogens is 2. The summed E-state index contributed by atoms with van der Waals surface area (Å²) in [4.78, 5) is 5.13. The zero-order chi connectivity index (χ0) is 5.28. The Morgan fingerprint density at radius 2 is 2.71 bits per heavy atom. The lowest BCUT2D eigenvalue weighted by Gasteiger charge is -1.61. The highest BCUT2D eigenvalue weighted by atomic mass is 35.5. The van der Waals surface area contributed by atoms with Crippen LogP contribution < -0.4 is 23.1 Å². The minimum atomic E-state index is 0. The van der Waals surface area contributed by atoms with Gasteiger partial charge in [-0.05, 0) is 0 Å². The lowest BCUT2D eigenvalue weighted by Crippen LogP contribution is -3.00. The largest absolute Gasteiger partial charge is 1.00 e. The maximum Gasteiger partial charge on any atom is 0.350 e. The Balaban J connectivity index is 0.000000490. The van der Waals surface area contributed by atoms with Gasteiger partial charge in [0.15, 0.2) is 0 Å². The third-order valence-electron chi connectivity index (χ3n) is 0.507. The Morgan fingerprint density at radius 3 is 2.86 bits per heavy atom. The van der Waals surface area contributed by atoms with Crippen molar-refractivity contribution >= 4 is 5.95 Å². The molecule has 0 aromatic carbocycles. The van der Waals surface area contributed by atoms with Crippen LogP contribution in [-0.2, 0) is 0 Å².